The topological polar surface area (TPSA) is 92.4 Å². The van der Waals surface area contributed by atoms with E-state index in [1.807, 2.05) is 43.3 Å². The Morgan fingerprint density at radius 3 is 2.10 bits per heavy atom. The van der Waals surface area contributed by atoms with Crippen molar-refractivity contribution in [3.05, 3.63) is 54.4 Å². The Kier molecular flexibility index (Phi) is 5.10. The van der Waals surface area contributed by atoms with Crippen LogP contribution in [-0.2, 0) is 0 Å². The largest absolute Gasteiger partial charge is 0.496 e. The SMILES string of the molecule is COc1cc(OC)c(-c2cc(-c3ccc(C)cc3)nc3ncnc(N)c23)cc1OC. The number of rotatable bonds is 5. The molecule has 0 aliphatic carbocycles. The number of fused-ring (bicyclic) bond motifs is 1. The highest BCUT2D eigenvalue weighted by Gasteiger charge is 2.19. The molecule has 30 heavy (non-hydrogen) atoms. The van der Waals surface area contributed by atoms with Gasteiger partial charge in [-0.1, -0.05) is 29.8 Å². The molecule has 0 atom stereocenters. The molecule has 0 fully saturated rings. The van der Waals surface area contributed by atoms with Crippen molar-refractivity contribution in [3.63, 3.8) is 0 Å². The van der Waals surface area contributed by atoms with Crippen LogP contribution in [0, 0.1) is 6.92 Å². The van der Waals surface area contributed by atoms with Gasteiger partial charge in [-0.05, 0) is 19.1 Å². The van der Waals surface area contributed by atoms with Gasteiger partial charge in [0.15, 0.2) is 17.1 Å². The van der Waals surface area contributed by atoms with E-state index in [1.165, 1.54) is 11.9 Å². The second-order valence-corrected chi connectivity index (χ2v) is 6.79. The standard InChI is InChI=1S/C23H22N4O3/c1-13-5-7-14(8-6-13)17-9-16(21-22(24)25-12-26-23(21)27-17)15-10-19(29-3)20(30-4)11-18(15)28-2/h5-12H,1-4H3,(H2,24,25,26,27). The van der Waals surface area contributed by atoms with E-state index in [4.69, 9.17) is 24.9 Å². The van der Waals surface area contributed by atoms with Crippen molar-refractivity contribution in [2.45, 2.75) is 6.92 Å². The predicted molar refractivity (Wildman–Crippen MR) is 117 cm³/mol. The highest BCUT2D eigenvalue weighted by molar-refractivity contribution is 6.02. The number of methoxy groups -OCH3 is 3. The molecule has 0 aliphatic rings. The van der Waals surface area contributed by atoms with Gasteiger partial charge in [0.1, 0.15) is 17.9 Å². The van der Waals surface area contributed by atoms with E-state index in [-0.39, 0.29) is 0 Å². The lowest BCUT2D eigenvalue weighted by Gasteiger charge is -2.16. The van der Waals surface area contributed by atoms with Crippen LogP contribution in [0.15, 0.2) is 48.8 Å². The molecule has 0 unspecified atom stereocenters. The van der Waals surface area contributed by atoms with Gasteiger partial charge in [0, 0.05) is 22.8 Å². The molecule has 0 aliphatic heterocycles. The summed E-state index contributed by atoms with van der Waals surface area (Å²) in [5.74, 6) is 2.10. The van der Waals surface area contributed by atoms with Crippen molar-refractivity contribution < 1.29 is 14.2 Å². The Morgan fingerprint density at radius 2 is 1.43 bits per heavy atom. The van der Waals surface area contributed by atoms with Crippen molar-refractivity contribution in [3.8, 4) is 39.6 Å². The second-order valence-electron chi connectivity index (χ2n) is 6.79. The Labute approximate surface area is 174 Å². The maximum absolute atomic E-state index is 6.23. The molecule has 7 nitrogen and oxygen atoms in total. The number of aromatic nitrogens is 3. The molecule has 152 valence electrons. The zero-order valence-corrected chi connectivity index (χ0v) is 17.3. The Balaban J connectivity index is 2.06. The van der Waals surface area contributed by atoms with E-state index in [0.717, 1.165) is 22.4 Å². The minimum absolute atomic E-state index is 0.342. The van der Waals surface area contributed by atoms with Gasteiger partial charge in [-0.3, -0.25) is 0 Å². The summed E-state index contributed by atoms with van der Waals surface area (Å²) >= 11 is 0. The summed E-state index contributed by atoms with van der Waals surface area (Å²) in [6.07, 6.45) is 1.42. The van der Waals surface area contributed by atoms with Crippen molar-refractivity contribution >= 4 is 16.9 Å². The molecule has 0 amide bonds. The molecule has 4 rings (SSSR count). The predicted octanol–water partition coefficient (Wildman–Crippen LogP) is 4.28. The van der Waals surface area contributed by atoms with E-state index in [0.29, 0.717) is 34.1 Å². The van der Waals surface area contributed by atoms with Crippen LogP contribution in [-0.4, -0.2) is 36.3 Å². The molecular weight excluding hydrogens is 380 g/mol. The maximum Gasteiger partial charge on any atom is 0.165 e. The van der Waals surface area contributed by atoms with Crippen LogP contribution in [0.2, 0.25) is 0 Å². The molecule has 2 heterocycles. The molecular formula is C23H22N4O3. The summed E-state index contributed by atoms with van der Waals surface area (Å²) in [7, 11) is 4.78. The number of benzene rings is 2. The summed E-state index contributed by atoms with van der Waals surface area (Å²) in [4.78, 5) is 13.3. The van der Waals surface area contributed by atoms with Crippen LogP contribution in [0.4, 0.5) is 5.82 Å². The molecule has 4 aromatic rings. The molecule has 0 bridgehead atoms. The van der Waals surface area contributed by atoms with Crippen LogP contribution >= 0.6 is 0 Å². The average Bonchev–Trinajstić information content (AvgIpc) is 2.78. The quantitative estimate of drug-likeness (QED) is 0.533. The fourth-order valence-corrected chi connectivity index (χ4v) is 3.41. The minimum atomic E-state index is 0.342. The molecule has 0 spiro atoms. The second kappa shape index (κ2) is 7.87. The van der Waals surface area contributed by atoms with Crippen LogP contribution in [0.3, 0.4) is 0 Å². The van der Waals surface area contributed by atoms with Crippen molar-refractivity contribution in [1.82, 2.24) is 15.0 Å². The molecule has 0 saturated carbocycles. The number of aryl methyl sites for hydroxylation is 1. The van der Waals surface area contributed by atoms with Crippen molar-refractivity contribution in [1.29, 1.82) is 0 Å². The number of hydrogen-bond donors (Lipinski definition) is 1. The maximum atomic E-state index is 6.23. The molecule has 2 aromatic heterocycles. The number of ether oxygens (including phenoxy) is 3. The summed E-state index contributed by atoms with van der Waals surface area (Å²) < 4.78 is 16.6. The highest BCUT2D eigenvalue weighted by atomic mass is 16.5. The lowest BCUT2D eigenvalue weighted by Crippen LogP contribution is -2.00. The summed E-state index contributed by atoms with van der Waals surface area (Å²) in [6, 6.07) is 13.8. The summed E-state index contributed by atoms with van der Waals surface area (Å²) in [6.45, 7) is 2.05. The molecule has 0 radical (unpaired) electrons. The molecule has 2 aromatic carbocycles. The van der Waals surface area contributed by atoms with Gasteiger partial charge >= 0.3 is 0 Å². The van der Waals surface area contributed by atoms with E-state index in [2.05, 4.69) is 9.97 Å². The molecule has 7 heteroatoms. The summed E-state index contributed by atoms with van der Waals surface area (Å²) in [5.41, 5.74) is 11.2. The zero-order chi connectivity index (χ0) is 21.3. The minimum Gasteiger partial charge on any atom is -0.496 e. The van der Waals surface area contributed by atoms with Gasteiger partial charge in [-0.15, -0.1) is 0 Å². The van der Waals surface area contributed by atoms with E-state index in [1.54, 1.807) is 27.4 Å². The van der Waals surface area contributed by atoms with Crippen LogP contribution < -0.4 is 19.9 Å². The van der Waals surface area contributed by atoms with Gasteiger partial charge in [0.25, 0.3) is 0 Å². The number of hydrogen-bond acceptors (Lipinski definition) is 7. The lowest BCUT2D eigenvalue weighted by atomic mass is 9.98. The lowest BCUT2D eigenvalue weighted by molar-refractivity contribution is 0.349. The zero-order valence-electron chi connectivity index (χ0n) is 17.3. The first-order chi connectivity index (χ1) is 14.5. The first-order valence-electron chi connectivity index (χ1n) is 9.34. The third-order valence-electron chi connectivity index (χ3n) is 4.98. The third-order valence-corrected chi connectivity index (χ3v) is 4.98. The van der Waals surface area contributed by atoms with Gasteiger partial charge < -0.3 is 19.9 Å². The van der Waals surface area contributed by atoms with Gasteiger partial charge in [-0.25, -0.2) is 15.0 Å². The van der Waals surface area contributed by atoms with Gasteiger partial charge in [-0.2, -0.15) is 0 Å². The number of nitrogen functional groups attached to an aromatic ring is 1. The van der Waals surface area contributed by atoms with Gasteiger partial charge in [0.2, 0.25) is 0 Å². The Hall–Kier alpha value is -3.87. The first-order valence-corrected chi connectivity index (χ1v) is 9.34. The van der Waals surface area contributed by atoms with Crippen LogP contribution in [0.5, 0.6) is 17.2 Å². The molecule has 2 N–H and O–H groups in total. The highest BCUT2D eigenvalue weighted by Crippen LogP contribution is 2.43. The van der Waals surface area contributed by atoms with Crippen LogP contribution in [0.1, 0.15) is 5.56 Å². The number of nitrogens with two attached hydrogens (primary N) is 1. The van der Waals surface area contributed by atoms with Gasteiger partial charge in [0.05, 0.1) is 32.4 Å². The fourth-order valence-electron chi connectivity index (χ4n) is 3.41. The number of pyridine rings is 1. The monoisotopic (exact) mass is 402 g/mol. The third kappa shape index (κ3) is 3.34. The number of anilines is 1. The van der Waals surface area contributed by atoms with Crippen molar-refractivity contribution in [2.24, 2.45) is 0 Å². The van der Waals surface area contributed by atoms with E-state index < -0.39 is 0 Å². The normalized spacial score (nSPS) is 10.8. The summed E-state index contributed by atoms with van der Waals surface area (Å²) in [5, 5.41) is 0.652. The fraction of sp³-hybridized carbons (Fsp3) is 0.174. The average molecular weight is 402 g/mol. The number of nitrogens with zero attached hydrogens (tertiary/aromatic N) is 3. The smallest absolute Gasteiger partial charge is 0.165 e. The molecule has 0 saturated heterocycles. The Bertz CT molecular complexity index is 1220. The first kappa shape index (κ1) is 19.4. The van der Waals surface area contributed by atoms with E-state index in [9.17, 15) is 0 Å². The van der Waals surface area contributed by atoms with Crippen molar-refractivity contribution in [2.75, 3.05) is 27.1 Å². The van der Waals surface area contributed by atoms with E-state index >= 15 is 0 Å². The Morgan fingerprint density at radius 1 is 0.767 bits per heavy atom. The van der Waals surface area contributed by atoms with Crippen LogP contribution in [0.25, 0.3) is 33.4 Å².